The van der Waals surface area contributed by atoms with Gasteiger partial charge in [-0.15, -0.1) is 0 Å². The second kappa shape index (κ2) is 9.92. The molecule has 0 heterocycles. The Kier molecular flexibility index (Phi) is 9.33. The van der Waals surface area contributed by atoms with Crippen LogP contribution >= 0.6 is 0 Å². The summed E-state index contributed by atoms with van der Waals surface area (Å²) in [4.78, 5) is 25.0. The predicted octanol–water partition coefficient (Wildman–Crippen LogP) is 2.61. The Balaban J connectivity index is 4.22. The summed E-state index contributed by atoms with van der Waals surface area (Å²) in [5, 5.41) is 0. The van der Waals surface area contributed by atoms with Gasteiger partial charge in [0.05, 0.1) is 13.0 Å². The van der Waals surface area contributed by atoms with E-state index >= 15 is 0 Å². The van der Waals surface area contributed by atoms with Gasteiger partial charge in [-0.25, -0.2) is 0 Å². The van der Waals surface area contributed by atoms with Crippen LogP contribution in [0.1, 0.15) is 52.9 Å². The van der Waals surface area contributed by atoms with Gasteiger partial charge in [0.1, 0.15) is 0 Å². The average Bonchev–Trinajstić information content (AvgIpc) is 2.39. The summed E-state index contributed by atoms with van der Waals surface area (Å²) in [7, 11) is 1.38. The lowest BCUT2D eigenvalue weighted by Gasteiger charge is -2.24. The normalized spacial score (nSPS) is 12.0. The number of nitrogens with zero attached hydrogens (tertiary/aromatic N) is 1. The van der Waals surface area contributed by atoms with Crippen LogP contribution < -0.4 is 0 Å². The number of carbonyl (C=O) groups excluding carboxylic acids is 2. The maximum Gasteiger partial charge on any atom is 0.310 e. The van der Waals surface area contributed by atoms with Gasteiger partial charge in [0, 0.05) is 19.5 Å². The molecule has 0 fully saturated rings. The maximum absolute atomic E-state index is 11.8. The van der Waals surface area contributed by atoms with Crippen molar-refractivity contribution in [2.45, 2.75) is 52.9 Å². The summed E-state index contributed by atoms with van der Waals surface area (Å²) in [5.41, 5.74) is 0. The standard InChI is InChI=1S/C14H27NO3/c1-5-7-8-9-10-15(13(16)6-2)11-12(3)14(17)18-4/h12H,5-11H2,1-4H3. The molecule has 0 bridgehead atoms. The molecule has 0 radical (unpaired) electrons. The van der Waals surface area contributed by atoms with Crippen LogP contribution in [-0.2, 0) is 14.3 Å². The van der Waals surface area contributed by atoms with Crippen LogP contribution in [0.5, 0.6) is 0 Å². The van der Waals surface area contributed by atoms with Gasteiger partial charge in [-0.05, 0) is 6.42 Å². The Labute approximate surface area is 111 Å². The molecule has 0 aliphatic rings. The lowest BCUT2D eigenvalue weighted by atomic mass is 10.1. The summed E-state index contributed by atoms with van der Waals surface area (Å²) in [6.45, 7) is 7.02. The molecule has 0 aliphatic heterocycles. The minimum Gasteiger partial charge on any atom is -0.469 e. The number of ether oxygens (including phenoxy) is 1. The highest BCUT2D eigenvalue weighted by molar-refractivity contribution is 5.77. The van der Waals surface area contributed by atoms with Crippen LogP contribution in [0.2, 0.25) is 0 Å². The van der Waals surface area contributed by atoms with Gasteiger partial charge < -0.3 is 9.64 Å². The molecule has 0 rings (SSSR count). The molecule has 18 heavy (non-hydrogen) atoms. The number of hydrogen-bond donors (Lipinski definition) is 0. The lowest BCUT2D eigenvalue weighted by molar-refractivity contribution is -0.146. The van der Waals surface area contributed by atoms with Crippen molar-refractivity contribution in [3.8, 4) is 0 Å². The van der Waals surface area contributed by atoms with Crippen LogP contribution in [-0.4, -0.2) is 37.0 Å². The van der Waals surface area contributed by atoms with Crippen molar-refractivity contribution in [3.05, 3.63) is 0 Å². The molecule has 4 heteroatoms. The van der Waals surface area contributed by atoms with Crippen LogP contribution in [0.4, 0.5) is 0 Å². The van der Waals surface area contributed by atoms with Crippen molar-refractivity contribution >= 4 is 11.9 Å². The second-order valence-corrected chi connectivity index (χ2v) is 4.68. The van der Waals surface area contributed by atoms with E-state index in [1.54, 1.807) is 11.8 Å². The van der Waals surface area contributed by atoms with E-state index in [4.69, 9.17) is 4.74 Å². The fourth-order valence-electron chi connectivity index (χ4n) is 1.88. The highest BCUT2D eigenvalue weighted by Crippen LogP contribution is 2.07. The minimum atomic E-state index is -0.253. The topological polar surface area (TPSA) is 46.6 Å². The molecule has 0 aromatic heterocycles. The van der Waals surface area contributed by atoms with E-state index in [0.29, 0.717) is 13.0 Å². The smallest absolute Gasteiger partial charge is 0.310 e. The third kappa shape index (κ3) is 6.62. The van der Waals surface area contributed by atoms with E-state index in [1.807, 2.05) is 6.92 Å². The molecule has 1 atom stereocenters. The number of esters is 1. The molecule has 0 N–H and O–H groups in total. The summed E-state index contributed by atoms with van der Waals surface area (Å²) in [5.74, 6) is -0.392. The minimum absolute atomic E-state index is 0.113. The van der Waals surface area contributed by atoms with Crippen molar-refractivity contribution in [2.24, 2.45) is 5.92 Å². The Morgan fingerprint density at radius 1 is 1.17 bits per heavy atom. The van der Waals surface area contributed by atoms with Gasteiger partial charge in [0.15, 0.2) is 0 Å². The van der Waals surface area contributed by atoms with Crippen LogP contribution in [0.3, 0.4) is 0 Å². The van der Waals surface area contributed by atoms with Crippen molar-refractivity contribution in [1.29, 1.82) is 0 Å². The SMILES string of the molecule is CCCCCCN(CC(C)C(=O)OC)C(=O)CC. The molecule has 1 amide bonds. The van der Waals surface area contributed by atoms with Crippen LogP contribution in [0, 0.1) is 5.92 Å². The van der Waals surface area contributed by atoms with E-state index in [0.717, 1.165) is 19.4 Å². The molecule has 0 aromatic carbocycles. The van der Waals surface area contributed by atoms with Gasteiger partial charge in [-0.3, -0.25) is 9.59 Å². The van der Waals surface area contributed by atoms with E-state index in [2.05, 4.69) is 6.92 Å². The molecule has 0 saturated heterocycles. The average molecular weight is 257 g/mol. The van der Waals surface area contributed by atoms with Gasteiger partial charge in [-0.2, -0.15) is 0 Å². The molecule has 4 nitrogen and oxygen atoms in total. The highest BCUT2D eigenvalue weighted by Gasteiger charge is 2.20. The number of hydrogen-bond acceptors (Lipinski definition) is 3. The number of rotatable bonds is 9. The fourth-order valence-corrected chi connectivity index (χ4v) is 1.88. The van der Waals surface area contributed by atoms with Gasteiger partial charge in [0.25, 0.3) is 0 Å². The first-order chi connectivity index (χ1) is 8.56. The Morgan fingerprint density at radius 3 is 2.33 bits per heavy atom. The predicted molar refractivity (Wildman–Crippen MR) is 72.2 cm³/mol. The summed E-state index contributed by atoms with van der Waals surface area (Å²) < 4.78 is 4.69. The van der Waals surface area contributed by atoms with Crippen molar-refractivity contribution in [3.63, 3.8) is 0 Å². The lowest BCUT2D eigenvalue weighted by Crippen LogP contribution is -2.37. The summed E-state index contributed by atoms with van der Waals surface area (Å²) in [6.07, 6.45) is 5.01. The number of carbonyl (C=O) groups is 2. The zero-order chi connectivity index (χ0) is 14.0. The fraction of sp³-hybridized carbons (Fsp3) is 0.857. The van der Waals surface area contributed by atoms with Crippen LogP contribution in [0.25, 0.3) is 0 Å². The molecule has 0 aliphatic carbocycles. The maximum atomic E-state index is 11.8. The van der Waals surface area contributed by atoms with E-state index in [1.165, 1.54) is 20.0 Å². The molecular weight excluding hydrogens is 230 g/mol. The number of methoxy groups -OCH3 is 1. The Bertz CT molecular complexity index is 253. The third-order valence-corrected chi connectivity index (χ3v) is 3.03. The molecule has 0 saturated carbocycles. The molecule has 106 valence electrons. The first kappa shape index (κ1) is 16.9. The molecule has 0 aromatic rings. The first-order valence-electron chi connectivity index (χ1n) is 6.92. The third-order valence-electron chi connectivity index (χ3n) is 3.03. The van der Waals surface area contributed by atoms with Crippen molar-refractivity contribution in [2.75, 3.05) is 20.2 Å². The van der Waals surface area contributed by atoms with Crippen molar-refractivity contribution in [1.82, 2.24) is 4.90 Å². The molecule has 1 unspecified atom stereocenters. The summed E-state index contributed by atoms with van der Waals surface area (Å²) in [6, 6.07) is 0. The zero-order valence-corrected chi connectivity index (χ0v) is 12.2. The largest absolute Gasteiger partial charge is 0.469 e. The number of amides is 1. The Morgan fingerprint density at radius 2 is 1.83 bits per heavy atom. The molecule has 0 spiro atoms. The molecular formula is C14H27NO3. The van der Waals surface area contributed by atoms with Crippen LogP contribution in [0.15, 0.2) is 0 Å². The van der Waals surface area contributed by atoms with Gasteiger partial charge in [-0.1, -0.05) is 40.0 Å². The number of unbranched alkanes of at least 4 members (excludes halogenated alkanes) is 3. The zero-order valence-electron chi connectivity index (χ0n) is 12.2. The van der Waals surface area contributed by atoms with Gasteiger partial charge >= 0.3 is 5.97 Å². The first-order valence-corrected chi connectivity index (χ1v) is 6.92. The van der Waals surface area contributed by atoms with Crippen molar-refractivity contribution < 1.29 is 14.3 Å². The van der Waals surface area contributed by atoms with E-state index in [9.17, 15) is 9.59 Å². The Hall–Kier alpha value is -1.06. The van der Waals surface area contributed by atoms with E-state index in [-0.39, 0.29) is 17.8 Å². The monoisotopic (exact) mass is 257 g/mol. The second-order valence-electron chi connectivity index (χ2n) is 4.68. The van der Waals surface area contributed by atoms with E-state index < -0.39 is 0 Å². The highest BCUT2D eigenvalue weighted by atomic mass is 16.5. The summed E-state index contributed by atoms with van der Waals surface area (Å²) >= 11 is 0. The van der Waals surface area contributed by atoms with Gasteiger partial charge in [0.2, 0.25) is 5.91 Å². The quantitative estimate of drug-likeness (QED) is 0.471.